The number of amides is 1. The van der Waals surface area contributed by atoms with E-state index in [1.807, 2.05) is 4.90 Å². The molecule has 2 rings (SSSR count). The largest absolute Gasteiger partial charge is 0.341 e. The van der Waals surface area contributed by atoms with Gasteiger partial charge in [-0.1, -0.05) is 0 Å². The summed E-state index contributed by atoms with van der Waals surface area (Å²) < 4.78 is 0. The van der Waals surface area contributed by atoms with Gasteiger partial charge in [0.05, 0.1) is 6.54 Å². The number of rotatable bonds is 2. The maximum atomic E-state index is 11.7. The van der Waals surface area contributed by atoms with E-state index in [0.717, 1.165) is 39.1 Å². The Kier molecular flexibility index (Phi) is 3.97. The highest BCUT2D eigenvalue weighted by Crippen LogP contribution is 2.12. The van der Waals surface area contributed by atoms with Crippen LogP contribution in [0.3, 0.4) is 0 Å². The molecule has 0 aromatic rings. The van der Waals surface area contributed by atoms with Crippen molar-refractivity contribution in [2.24, 2.45) is 5.92 Å². The fourth-order valence-electron chi connectivity index (χ4n) is 2.41. The highest BCUT2D eigenvalue weighted by atomic mass is 16.2. The Balaban J connectivity index is 1.82. The van der Waals surface area contributed by atoms with Gasteiger partial charge in [0, 0.05) is 13.1 Å². The van der Waals surface area contributed by atoms with Crippen LogP contribution in [-0.4, -0.2) is 50.1 Å². The maximum Gasteiger partial charge on any atom is 0.236 e. The van der Waals surface area contributed by atoms with E-state index in [2.05, 4.69) is 10.6 Å². The minimum absolute atomic E-state index is 0.276. The molecule has 0 spiro atoms. The van der Waals surface area contributed by atoms with Gasteiger partial charge in [0.2, 0.25) is 5.91 Å². The molecule has 0 aromatic heterocycles. The highest BCUT2D eigenvalue weighted by molar-refractivity contribution is 5.78. The zero-order valence-corrected chi connectivity index (χ0v) is 9.30. The molecule has 1 unspecified atom stereocenters. The molecule has 0 saturated carbocycles. The van der Waals surface area contributed by atoms with Crippen LogP contribution in [0.15, 0.2) is 0 Å². The van der Waals surface area contributed by atoms with Crippen molar-refractivity contribution in [2.75, 3.05) is 39.3 Å². The van der Waals surface area contributed by atoms with E-state index in [-0.39, 0.29) is 5.91 Å². The van der Waals surface area contributed by atoms with E-state index in [1.165, 1.54) is 12.8 Å². The van der Waals surface area contributed by atoms with Gasteiger partial charge < -0.3 is 15.5 Å². The fourth-order valence-corrected chi connectivity index (χ4v) is 2.41. The number of hydrogen-bond acceptors (Lipinski definition) is 3. The second-order valence-electron chi connectivity index (χ2n) is 4.58. The molecule has 2 heterocycles. The van der Waals surface area contributed by atoms with Crippen LogP contribution < -0.4 is 10.6 Å². The van der Waals surface area contributed by atoms with Gasteiger partial charge in [-0.25, -0.2) is 0 Å². The molecule has 2 saturated heterocycles. The van der Waals surface area contributed by atoms with Crippen LogP contribution >= 0.6 is 0 Å². The van der Waals surface area contributed by atoms with Gasteiger partial charge in [-0.15, -0.1) is 0 Å². The van der Waals surface area contributed by atoms with Crippen molar-refractivity contribution in [1.82, 2.24) is 15.5 Å². The zero-order chi connectivity index (χ0) is 10.5. The number of nitrogens with zero attached hydrogens (tertiary/aromatic N) is 1. The van der Waals surface area contributed by atoms with E-state index < -0.39 is 0 Å². The summed E-state index contributed by atoms with van der Waals surface area (Å²) in [5.74, 6) is 0.943. The van der Waals surface area contributed by atoms with Crippen molar-refractivity contribution in [3.63, 3.8) is 0 Å². The van der Waals surface area contributed by atoms with Gasteiger partial charge in [0.1, 0.15) is 0 Å². The Morgan fingerprint density at radius 2 is 2.13 bits per heavy atom. The molecule has 0 radical (unpaired) electrons. The van der Waals surface area contributed by atoms with Crippen LogP contribution in [0.2, 0.25) is 0 Å². The van der Waals surface area contributed by atoms with Crippen molar-refractivity contribution in [3.05, 3.63) is 0 Å². The van der Waals surface area contributed by atoms with Gasteiger partial charge in [-0.3, -0.25) is 4.79 Å². The number of hydrogen-bond donors (Lipinski definition) is 2. The first kappa shape index (κ1) is 10.9. The molecule has 86 valence electrons. The lowest BCUT2D eigenvalue weighted by atomic mass is 9.99. The Morgan fingerprint density at radius 3 is 2.93 bits per heavy atom. The third-order valence-electron chi connectivity index (χ3n) is 3.29. The average Bonchev–Trinajstić information content (AvgIpc) is 2.46. The molecule has 15 heavy (non-hydrogen) atoms. The molecule has 0 aromatic carbocycles. The molecule has 2 fully saturated rings. The summed E-state index contributed by atoms with van der Waals surface area (Å²) in [6.45, 7) is 5.62. The standard InChI is InChI=1S/C11H21N3O/c15-11-8-13-5-2-6-14(11)9-10-3-1-4-12-7-10/h10,12-13H,1-9H2. The van der Waals surface area contributed by atoms with E-state index in [1.54, 1.807) is 0 Å². The number of piperidine rings is 1. The van der Waals surface area contributed by atoms with Gasteiger partial charge in [-0.05, 0) is 44.8 Å². The van der Waals surface area contributed by atoms with Gasteiger partial charge in [0.15, 0.2) is 0 Å². The molecule has 4 nitrogen and oxygen atoms in total. The monoisotopic (exact) mass is 211 g/mol. The van der Waals surface area contributed by atoms with Crippen molar-refractivity contribution < 1.29 is 4.79 Å². The Labute approximate surface area is 91.4 Å². The minimum Gasteiger partial charge on any atom is -0.341 e. The summed E-state index contributed by atoms with van der Waals surface area (Å²) in [5.41, 5.74) is 0. The van der Waals surface area contributed by atoms with Gasteiger partial charge in [0.25, 0.3) is 0 Å². The third kappa shape index (κ3) is 3.18. The van der Waals surface area contributed by atoms with Gasteiger partial charge in [-0.2, -0.15) is 0 Å². The lowest BCUT2D eigenvalue weighted by Crippen LogP contribution is -2.42. The van der Waals surface area contributed by atoms with Crippen LogP contribution in [0.4, 0.5) is 0 Å². The molecule has 2 aliphatic rings. The zero-order valence-electron chi connectivity index (χ0n) is 9.30. The lowest BCUT2D eigenvalue weighted by molar-refractivity contribution is -0.130. The molecule has 1 atom stereocenters. The van der Waals surface area contributed by atoms with Crippen LogP contribution in [0.1, 0.15) is 19.3 Å². The topological polar surface area (TPSA) is 44.4 Å². The summed E-state index contributed by atoms with van der Waals surface area (Å²) in [7, 11) is 0. The lowest BCUT2D eigenvalue weighted by Gasteiger charge is -2.29. The molecule has 1 amide bonds. The highest BCUT2D eigenvalue weighted by Gasteiger charge is 2.21. The fraction of sp³-hybridized carbons (Fsp3) is 0.909. The first-order valence-corrected chi connectivity index (χ1v) is 6.05. The SMILES string of the molecule is O=C1CNCCCN1CC1CCCNC1. The Bertz CT molecular complexity index is 214. The smallest absolute Gasteiger partial charge is 0.236 e. The molecule has 0 bridgehead atoms. The third-order valence-corrected chi connectivity index (χ3v) is 3.29. The minimum atomic E-state index is 0.276. The predicted molar refractivity (Wildman–Crippen MR) is 59.7 cm³/mol. The molecule has 2 N–H and O–H groups in total. The van der Waals surface area contributed by atoms with Crippen LogP contribution in [-0.2, 0) is 4.79 Å². The van der Waals surface area contributed by atoms with Crippen molar-refractivity contribution in [3.8, 4) is 0 Å². The van der Waals surface area contributed by atoms with E-state index in [4.69, 9.17) is 0 Å². The van der Waals surface area contributed by atoms with Crippen molar-refractivity contribution in [2.45, 2.75) is 19.3 Å². The summed E-state index contributed by atoms with van der Waals surface area (Å²) in [6, 6.07) is 0. The molecule has 0 aliphatic carbocycles. The van der Waals surface area contributed by atoms with Gasteiger partial charge >= 0.3 is 0 Å². The Hall–Kier alpha value is -0.610. The quantitative estimate of drug-likeness (QED) is 0.665. The molecule has 4 heteroatoms. The first-order valence-electron chi connectivity index (χ1n) is 6.05. The molecular formula is C11H21N3O. The predicted octanol–water partition coefficient (Wildman–Crippen LogP) is -0.192. The Morgan fingerprint density at radius 1 is 1.27 bits per heavy atom. The average molecular weight is 211 g/mol. The summed E-state index contributed by atoms with van der Waals surface area (Å²) >= 11 is 0. The summed E-state index contributed by atoms with van der Waals surface area (Å²) in [5, 5.41) is 6.56. The summed E-state index contributed by atoms with van der Waals surface area (Å²) in [6.07, 6.45) is 3.61. The second-order valence-corrected chi connectivity index (χ2v) is 4.58. The second kappa shape index (κ2) is 5.47. The molecule has 2 aliphatic heterocycles. The van der Waals surface area contributed by atoms with Crippen LogP contribution in [0.5, 0.6) is 0 Å². The van der Waals surface area contributed by atoms with Crippen LogP contribution in [0, 0.1) is 5.92 Å². The van der Waals surface area contributed by atoms with E-state index >= 15 is 0 Å². The first-order chi connectivity index (χ1) is 7.36. The number of carbonyl (C=O) groups is 1. The van der Waals surface area contributed by atoms with E-state index in [9.17, 15) is 4.79 Å². The molecular weight excluding hydrogens is 190 g/mol. The normalized spacial score (nSPS) is 28.9. The number of carbonyl (C=O) groups excluding carboxylic acids is 1. The van der Waals surface area contributed by atoms with E-state index in [0.29, 0.717) is 12.5 Å². The van der Waals surface area contributed by atoms with Crippen LogP contribution in [0.25, 0.3) is 0 Å². The summed E-state index contributed by atoms with van der Waals surface area (Å²) in [4.78, 5) is 13.8. The van der Waals surface area contributed by atoms with Crippen molar-refractivity contribution in [1.29, 1.82) is 0 Å². The maximum absolute atomic E-state index is 11.7. The van der Waals surface area contributed by atoms with Crippen molar-refractivity contribution >= 4 is 5.91 Å². The number of nitrogens with one attached hydrogen (secondary N) is 2.